The summed E-state index contributed by atoms with van der Waals surface area (Å²) in [6.07, 6.45) is 3.67. The first-order valence-corrected chi connectivity index (χ1v) is 8.49. The zero-order valence-electron chi connectivity index (χ0n) is 14.0. The van der Waals surface area contributed by atoms with Crippen molar-refractivity contribution < 1.29 is 19.1 Å². The van der Waals surface area contributed by atoms with Gasteiger partial charge in [0.1, 0.15) is 5.82 Å². The largest absolute Gasteiger partial charge is 0.465 e. The molecule has 9 heteroatoms. The Labute approximate surface area is 148 Å². The number of piperidine rings is 1. The second-order valence-electron chi connectivity index (χ2n) is 6.64. The first-order chi connectivity index (χ1) is 12.5. The molecule has 1 aromatic heterocycles. The molecule has 0 unspecified atom stereocenters. The molecule has 2 aliphatic rings. The van der Waals surface area contributed by atoms with Crippen LogP contribution < -0.4 is 0 Å². The predicted molar refractivity (Wildman–Crippen MR) is 88.5 cm³/mol. The van der Waals surface area contributed by atoms with Crippen molar-refractivity contribution in [3.8, 4) is 5.69 Å². The molecule has 1 N–H and O–H groups in total. The highest BCUT2D eigenvalue weighted by Crippen LogP contribution is 2.32. The standard InChI is InChI=1S/C17H18FN5O3/c18-12-3-4-14(23-19-5-6-20-23)13(8-12)16(24)22-7-1-2-11-9-21(17(25)26)10-15(11)22/h3-6,8,11,15H,1-2,7,9-10H2,(H,25,26)/t11-,15+/m1/s1. The van der Waals surface area contributed by atoms with Gasteiger partial charge in [0.05, 0.1) is 29.7 Å². The molecule has 8 nitrogen and oxygen atoms in total. The third-order valence-electron chi connectivity index (χ3n) is 5.14. The lowest BCUT2D eigenvalue weighted by molar-refractivity contribution is 0.0569. The number of hydrogen-bond donors (Lipinski definition) is 1. The second kappa shape index (κ2) is 6.40. The summed E-state index contributed by atoms with van der Waals surface area (Å²) in [7, 11) is 0. The minimum absolute atomic E-state index is 0.114. The fourth-order valence-corrected chi connectivity index (χ4v) is 3.94. The van der Waals surface area contributed by atoms with E-state index in [1.165, 1.54) is 40.3 Å². The van der Waals surface area contributed by atoms with Crippen LogP contribution in [-0.4, -0.2) is 67.6 Å². The summed E-state index contributed by atoms with van der Waals surface area (Å²) in [5.74, 6) is -0.723. The van der Waals surface area contributed by atoms with Crippen LogP contribution in [0.1, 0.15) is 23.2 Å². The number of fused-ring (bicyclic) bond motifs is 1. The lowest BCUT2D eigenvalue weighted by Crippen LogP contribution is -2.48. The van der Waals surface area contributed by atoms with Gasteiger partial charge in [-0.05, 0) is 37.0 Å². The molecule has 2 saturated heterocycles. The van der Waals surface area contributed by atoms with E-state index in [2.05, 4.69) is 10.2 Å². The molecule has 2 aliphatic heterocycles. The smallest absolute Gasteiger partial charge is 0.407 e. The van der Waals surface area contributed by atoms with Crippen molar-refractivity contribution in [2.24, 2.45) is 5.92 Å². The normalized spacial score (nSPS) is 22.3. The zero-order valence-corrected chi connectivity index (χ0v) is 14.0. The summed E-state index contributed by atoms with van der Waals surface area (Å²) in [5, 5.41) is 17.3. The number of likely N-dealkylation sites (tertiary alicyclic amines) is 2. The summed E-state index contributed by atoms with van der Waals surface area (Å²) in [6.45, 7) is 1.24. The van der Waals surface area contributed by atoms with Gasteiger partial charge in [0.2, 0.25) is 0 Å². The quantitative estimate of drug-likeness (QED) is 0.880. The van der Waals surface area contributed by atoms with E-state index < -0.39 is 11.9 Å². The topological polar surface area (TPSA) is 91.6 Å². The maximum Gasteiger partial charge on any atom is 0.407 e. The van der Waals surface area contributed by atoms with E-state index in [1.54, 1.807) is 4.90 Å². The Morgan fingerprint density at radius 1 is 1.19 bits per heavy atom. The first kappa shape index (κ1) is 16.5. The molecule has 136 valence electrons. The van der Waals surface area contributed by atoms with Gasteiger partial charge in [0.15, 0.2) is 0 Å². The summed E-state index contributed by atoms with van der Waals surface area (Å²) in [5.41, 5.74) is 0.576. The third-order valence-corrected chi connectivity index (χ3v) is 5.14. The zero-order chi connectivity index (χ0) is 18.3. The van der Waals surface area contributed by atoms with Crippen LogP contribution in [0.5, 0.6) is 0 Å². The Morgan fingerprint density at radius 3 is 2.69 bits per heavy atom. The van der Waals surface area contributed by atoms with Crippen molar-refractivity contribution in [2.75, 3.05) is 19.6 Å². The maximum absolute atomic E-state index is 13.8. The summed E-state index contributed by atoms with van der Waals surface area (Å²) < 4.78 is 13.8. The van der Waals surface area contributed by atoms with E-state index >= 15 is 0 Å². The van der Waals surface area contributed by atoms with E-state index in [4.69, 9.17) is 0 Å². The highest BCUT2D eigenvalue weighted by Gasteiger charge is 2.43. The van der Waals surface area contributed by atoms with Crippen LogP contribution in [0.3, 0.4) is 0 Å². The number of benzene rings is 1. The monoisotopic (exact) mass is 359 g/mol. The van der Waals surface area contributed by atoms with Crippen molar-refractivity contribution in [3.05, 3.63) is 42.0 Å². The highest BCUT2D eigenvalue weighted by atomic mass is 19.1. The molecule has 4 rings (SSSR count). The van der Waals surface area contributed by atoms with Crippen LogP contribution in [0.4, 0.5) is 9.18 Å². The van der Waals surface area contributed by atoms with E-state index in [9.17, 15) is 19.1 Å². The lowest BCUT2D eigenvalue weighted by Gasteiger charge is -2.37. The van der Waals surface area contributed by atoms with Crippen LogP contribution in [0.15, 0.2) is 30.6 Å². The van der Waals surface area contributed by atoms with Crippen molar-refractivity contribution >= 4 is 12.0 Å². The summed E-state index contributed by atoms with van der Waals surface area (Å²) in [6, 6.07) is 3.74. The van der Waals surface area contributed by atoms with Crippen molar-refractivity contribution in [1.82, 2.24) is 24.8 Å². The average molecular weight is 359 g/mol. The number of nitrogens with zero attached hydrogens (tertiary/aromatic N) is 5. The average Bonchev–Trinajstić information content (AvgIpc) is 3.30. The van der Waals surface area contributed by atoms with E-state index in [0.29, 0.717) is 18.8 Å². The number of halogens is 1. The van der Waals surface area contributed by atoms with Crippen molar-refractivity contribution in [3.63, 3.8) is 0 Å². The van der Waals surface area contributed by atoms with Crippen molar-refractivity contribution in [2.45, 2.75) is 18.9 Å². The van der Waals surface area contributed by atoms with Gasteiger partial charge in [0, 0.05) is 19.6 Å². The van der Waals surface area contributed by atoms with E-state index in [1.807, 2.05) is 0 Å². The molecule has 2 atom stereocenters. The molecule has 3 heterocycles. The van der Waals surface area contributed by atoms with Gasteiger partial charge in [-0.15, -0.1) is 0 Å². The van der Waals surface area contributed by atoms with Gasteiger partial charge in [-0.1, -0.05) is 0 Å². The Balaban J connectivity index is 1.67. The third kappa shape index (κ3) is 2.79. The summed E-state index contributed by atoms with van der Waals surface area (Å²) in [4.78, 5) is 28.8. The molecule has 0 bridgehead atoms. The molecule has 2 aromatic rings. The summed E-state index contributed by atoms with van der Waals surface area (Å²) >= 11 is 0. The van der Waals surface area contributed by atoms with Gasteiger partial charge in [-0.3, -0.25) is 4.79 Å². The fraction of sp³-hybridized carbons (Fsp3) is 0.412. The van der Waals surface area contributed by atoms with Gasteiger partial charge in [-0.25, -0.2) is 9.18 Å². The van der Waals surface area contributed by atoms with Crippen LogP contribution in [-0.2, 0) is 0 Å². The second-order valence-corrected chi connectivity index (χ2v) is 6.64. The van der Waals surface area contributed by atoms with Gasteiger partial charge in [-0.2, -0.15) is 15.0 Å². The maximum atomic E-state index is 13.8. The molecule has 0 aliphatic carbocycles. The first-order valence-electron chi connectivity index (χ1n) is 8.49. The van der Waals surface area contributed by atoms with Crippen LogP contribution in [0, 0.1) is 11.7 Å². The number of hydrogen-bond acceptors (Lipinski definition) is 4. The van der Waals surface area contributed by atoms with Crippen LogP contribution in [0.25, 0.3) is 5.69 Å². The van der Waals surface area contributed by atoms with Crippen LogP contribution >= 0.6 is 0 Å². The Morgan fingerprint density at radius 2 is 1.96 bits per heavy atom. The molecular weight excluding hydrogens is 341 g/mol. The number of aromatic nitrogens is 3. The molecule has 1 aromatic carbocycles. The molecule has 0 saturated carbocycles. The Bertz CT molecular complexity index is 841. The molecule has 26 heavy (non-hydrogen) atoms. The number of carbonyl (C=O) groups is 2. The van der Waals surface area contributed by atoms with Gasteiger partial charge in [0.25, 0.3) is 5.91 Å². The molecule has 2 amide bonds. The number of amides is 2. The van der Waals surface area contributed by atoms with Crippen molar-refractivity contribution in [1.29, 1.82) is 0 Å². The Kier molecular flexibility index (Phi) is 4.06. The van der Waals surface area contributed by atoms with Crippen LogP contribution in [0.2, 0.25) is 0 Å². The van der Waals surface area contributed by atoms with Gasteiger partial charge < -0.3 is 14.9 Å². The number of carbonyl (C=O) groups excluding carboxylic acids is 1. The fourth-order valence-electron chi connectivity index (χ4n) is 3.94. The number of rotatable bonds is 2. The SMILES string of the molecule is O=C(O)N1C[C@H]2CCCN(C(=O)c3cc(F)ccc3-n3nccn3)[C@H]2C1. The molecule has 0 spiro atoms. The molecular formula is C17H18FN5O3. The lowest BCUT2D eigenvalue weighted by atomic mass is 9.91. The predicted octanol–water partition coefficient (Wildman–Crippen LogP) is 1.62. The number of carboxylic acid groups (broad SMARTS) is 1. The highest BCUT2D eigenvalue weighted by molar-refractivity contribution is 5.98. The van der Waals surface area contributed by atoms with Gasteiger partial charge >= 0.3 is 6.09 Å². The minimum Gasteiger partial charge on any atom is -0.465 e. The van der Waals surface area contributed by atoms with E-state index in [0.717, 1.165) is 12.8 Å². The minimum atomic E-state index is -0.973. The molecule has 2 fully saturated rings. The molecule has 0 radical (unpaired) electrons. The van der Waals surface area contributed by atoms with E-state index in [-0.39, 0.29) is 30.0 Å². The Hall–Kier alpha value is -2.97.